The maximum atomic E-state index is 12.4. The smallest absolute Gasteiger partial charge is 0.338 e. The summed E-state index contributed by atoms with van der Waals surface area (Å²) in [6, 6.07) is 13.6. The third kappa shape index (κ3) is 4.32. The van der Waals surface area contributed by atoms with Crippen LogP contribution in [0.3, 0.4) is 0 Å². The molecule has 0 fully saturated rings. The van der Waals surface area contributed by atoms with Crippen LogP contribution in [0.15, 0.2) is 48.5 Å². The summed E-state index contributed by atoms with van der Waals surface area (Å²) in [5, 5.41) is 2.76. The fourth-order valence-electron chi connectivity index (χ4n) is 2.02. The third-order valence-corrected chi connectivity index (χ3v) is 3.16. The molecule has 2 aromatic rings. The number of carbonyl (C=O) groups is 2. The Morgan fingerprint density at radius 1 is 1.00 bits per heavy atom. The molecule has 0 unspecified atom stereocenters. The molecule has 0 saturated carbocycles. The van der Waals surface area contributed by atoms with Gasteiger partial charge in [-0.15, -0.1) is 0 Å². The number of hydrogen-bond acceptors (Lipinski definition) is 4. The number of methoxy groups -OCH3 is 1. The molecular formula is C18H19NO4. The van der Waals surface area contributed by atoms with Crippen LogP contribution in [0.4, 0.5) is 5.69 Å². The van der Waals surface area contributed by atoms with Gasteiger partial charge >= 0.3 is 5.97 Å². The largest absolute Gasteiger partial charge is 0.494 e. The molecule has 0 aromatic heterocycles. The lowest BCUT2D eigenvalue weighted by molar-refractivity contribution is 0.0597. The van der Waals surface area contributed by atoms with E-state index >= 15 is 0 Å². The summed E-state index contributed by atoms with van der Waals surface area (Å²) in [6.45, 7) is 2.69. The van der Waals surface area contributed by atoms with Crippen LogP contribution in [0, 0.1) is 0 Å². The van der Waals surface area contributed by atoms with Crippen LogP contribution in [0.1, 0.15) is 34.1 Å². The molecule has 2 aromatic carbocycles. The number of ether oxygens (including phenoxy) is 2. The van der Waals surface area contributed by atoms with Gasteiger partial charge in [-0.05, 0) is 42.8 Å². The first-order chi connectivity index (χ1) is 11.2. The van der Waals surface area contributed by atoms with Crippen LogP contribution >= 0.6 is 0 Å². The average Bonchev–Trinajstić information content (AvgIpc) is 2.60. The second kappa shape index (κ2) is 7.98. The molecule has 0 bridgehead atoms. The first-order valence-corrected chi connectivity index (χ1v) is 7.37. The van der Waals surface area contributed by atoms with Gasteiger partial charge in [-0.25, -0.2) is 4.79 Å². The predicted octanol–water partition coefficient (Wildman–Crippen LogP) is 3.51. The molecule has 0 saturated heterocycles. The highest BCUT2D eigenvalue weighted by atomic mass is 16.5. The van der Waals surface area contributed by atoms with Gasteiger partial charge in [0.1, 0.15) is 5.75 Å². The Hall–Kier alpha value is -2.82. The molecule has 5 heteroatoms. The van der Waals surface area contributed by atoms with E-state index in [1.807, 2.05) is 6.92 Å². The highest BCUT2D eigenvalue weighted by molar-refractivity contribution is 6.11. The Balaban J connectivity index is 2.12. The van der Waals surface area contributed by atoms with Crippen molar-refractivity contribution in [1.82, 2.24) is 0 Å². The minimum absolute atomic E-state index is 0.232. The fraction of sp³-hybridized carbons (Fsp3) is 0.222. The van der Waals surface area contributed by atoms with Gasteiger partial charge in [-0.2, -0.15) is 0 Å². The van der Waals surface area contributed by atoms with E-state index in [2.05, 4.69) is 5.32 Å². The summed E-state index contributed by atoms with van der Waals surface area (Å²) in [4.78, 5) is 24.1. The summed E-state index contributed by atoms with van der Waals surface area (Å²) < 4.78 is 10.2. The van der Waals surface area contributed by atoms with Crippen LogP contribution in [0.25, 0.3) is 0 Å². The van der Waals surface area contributed by atoms with Crippen LogP contribution in [-0.2, 0) is 4.74 Å². The normalized spacial score (nSPS) is 10.0. The van der Waals surface area contributed by atoms with Gasteiger partial charge in [0.05, 0.1) is 24.8 Å². The molecule has 0 aliphatic carbocycles. The van der Waals surface area contributed by atoms with Gasteiger partial charge in [0, 0.05) is 5.69 Å². The van der Waals surface area contributed by atoms with E-state index in [-0.39, 0.29) is 17.0 Å². The van der Waals surface area contributed by atoms with E-state index in [1.54, 1.807) is 48.5 Å². The lowest BCUT2D eigenvalue weighted by Gasteiger charge is -2.10. The SMILES string of the molecule is CCCOc1ccc(NC(=O)c2ccccc2C(=O)OC)cc1. The zero-order chi connectivity index (χ0) is 16.7. The van der Waals surface area contributed by atoms with E-state index in [1.165, 1.54) is 7.11 Å². The van der Waals surface area contributed by atoms with Gasteiger partial charge in [-0.1, -0.05) is 19.1 Å². The monoisotopic (exact) mass is 313 g/mol. The average molecular weight is 313 g/mol. The van der Waals surface area contributed by atoms with Crippen molar-refractivity contribution in [3.8, 4) is 5.75 Å². The Morgan fingerprint density at radius 3 is 2.26 bits per heavy atom. The van der Waals surface area contributed by atoms with Crippen molar-refractivity contribution in [1.29, 1.82) is 0 Å². The first kappa shape index (κ1) is 16.5. The molecule has 0 aliphatic heterocycles. The van der Waals surface area contributed by atoms with Crippen LogP contribution in [-0.4, -0.2) is 25.6 Å². The second-order valence-electron chi connectivity index (χ2n) is 4.86. The third-order valence-electron chi connectivity index (χ3n) is 3.16. The highest BCUT2D eigenvalue weighted by Crippen LogP contribution is 2.18. The van der Waals surface area contributed by atoms with Gasteiger partial charge < -0.3 is 14.8 Å². The van der Waals surface area contributed by atoms with Gasteiger partial charge in [0.15, 0.2) is 0 Å². The Labute approximate surface area is 135 Å². The summed E-state index contributed by atoms with van der Waals surface area (Å²) in [7, 11) is 1.28. The zero-order valence-electron chi connectivity index (χ0n) is 13.2. The molecule has 0 spiro atoms. The minimum Gasteiger partial charge on any atom is -0.494 e. The fourth-order valence-corrected chi connectivity index (χ4v) is 2.02. The van der Waals surface area contributed by atoms with E-state index in [0.717, 1.165) is 12.2 Å². The molecular weight excluding hydrogens is 294 g/mol. The highest BCUT2D eigenvalue weighted by Gasteiger charge is 2.17. The Morgan fingerprint density at radius 2 is 1.65 bits per heavy atom. The van der Waals surface area contributed by atoms with Crippen molar-refractivity contribution in [3.05, 3.63) is 59.7 Å². The lowest BCUT2D eigenvalue weighted by Crippen LogP contribution is -2.17. The van der Waals surface area contributed by atoms with E-state index in [4.69, 9.17) is 9.47 Å². The molecule has 5 nitrogen and oxygen atoms in total. The maximum absolute atomic E-state index is 12.4. The lowest BCUT2D eigenvalue weighted by atomic mass is 10.1. The van der Waals surface area contributed by atoms with Crippen LogP contribution < -0.4 is 10.1 Å². The quantitative estimate of drug-likeness (QED) is 0.829. The summed E-state index contributed by atoms with van der Waals surface area (Å²) in [5.41, 5.74) is 1.12. The molecule has 0 radical (unpaired) electrons. The molecule has 0 atom stereocenters. The van der Waals surface area contributed by atoms with Crippen molar-refractivity contribution in [2.24, 2.45) is 0 Å². The summed E-state index contributed by atoms with van der Waals surface area (Å²) >= 11 is 0. The maximum Gasteiger partial charge on any atom is 0.338 e. The number of benzene rings is 2. The van der Waals surface area contributed by atoms with Crippen molar-refractivity contribution in [2.75, 3.05) is 19.0 Å². The number of rotatable bonds is 6. The zero-order valence-corrected chi connectivity index (χ0v) is 13.2. The van der Waals surface area contributed by atoms with Crippen LogP contribution in [0.2, 0.25) is 0 Å². The Kier molecular flexibility index (Phi) is 5.74. The summed E-state index contributed by atoms with van der Waals surface area (Å²) in [6.07, 6.45) is 0.933. The topological polar surface area (TPSA) is 64.6 Å². The number of amides is 1. The standard InChI is InChI=1S/C18H19NO4/c1-3-12-23-14-10-8-13(9-11-14)19-17(20)15-6-4-5-7-16(15)18(21)22-2/h4-11H,3,12H2,1-2H3,(H,19,20). The van der Waals surface area contributed by atoms with Gasteiger partial charge in [0.25, 0.3) is 5.91 Å². The molecule has 0 heterocycles. The molecule has 1 N–H and O–H groups in total. The van der Waals surface area contributed by atoms with E-state index < -0.39 is 5.97 Å². The van der Waals surface area contributed by atoms with Gasteiger partial charge in [0.2, 0.25) is 0 Å². The number of esters is 1. The van der Waals surface area contributed by atoms with Crippen molar-refractivity contribution in [2.45, 2.75) is 13.3 Å². The molecule has 0 aliphatic rings. The molecule has 2 rings (SSSR count). The van der Waals surface area contributed by atoms with Crippen LogP contribution in [0.5, 0.6) is 5.75 Å². The van der Waals surface area contributed by atoms with E-state index in [0.29, 0.717) is 12.3 Å². The van der Waals surface area contributed by atoms with Crippen molar-refractivity contribution < 1.29 is 19.1 Å². The number of anilines is 1. The minimum atomic E-state index is -0.543. The first-order valence-electron chi connectivity index (χ1n) is 7.37. The summed E-state index contributed by atoms with van der Waals surface area (Å²) in [5.74, 6) is -0.160. The number of nitrogens with one attached hydrogen (secondary N) is 1. The number of carbonyl (C=O) groups excluding carboxylic acids is 2. The predicted molar refractivity (Wildman–Crippen MR) is 88.0 cm³/mol. The number of hydrogen-bond donors (Lipinski definition) is 1. The van der Waals surface area contributed by atoms with Crippen molar-refractivity contribution in [3.63, 3.8) is 0 Å². The molecule has 23 heavy (non-hydrogen) atoms. The Bertz CT molecular complexity index is 680. The van der Waals surface area contributed by atoms with E-state index in [9.17, 15) is 9.59 Å². The van der Waals surface area contributed by atoms with Gasteiger partial charge in [-0.3, -0.25) is 4.79 Å². The second-order valence-corrected chi connectivity index (χ2v) is 4.86. The molecule has 1 amide bonds. The van der Waals surface area contributed by atoms with Crippen molar-refractivity contribution >= 4 is 17.6 Å². The molecule has 120 valence electrons.